The summed E-state index contributed by atoms with van der Waals surface area (Å²) in [5.41, 5.74) is 9.00. The zero-order valence-electron chi connectivity index (χ0n) is 12.9. The highest BCUT2D eigenvalue weighted by atomic mass is 16.3. The number of aliphatic hydroxyl groups excluding tert-OH is 1. The van der Waals surface area contributed by atoms with Gasteiger partial charge in [-0.25, -0.2) is 0 Å². The number of piperidine rings is 1. The molecule has 20 heavy (non-hydrogen) atoms. The van der Waals surface area contributed by atoms with Gasteiger partial charge in [0.25, 0.3) is 0 Å². The Morgan fingerprint density at radius 1 is 1.40 bits per heavy atom. The molecule has 1 aliphatic rings. The Balaban J connectivity index is 2.27. The normalized spacial score (nSPS) is 27.2. The minimum Gasteiger partial charge on any atom is -0.392 e. The molecular weight excluding hydrogens is 248 g/mol. The molecule has 4 atom stereocenters. The van der Waals surface area contributed by atoms with Crippen LogP contribution >= 0.6 is 0 Å². The number of aliphatic hydroxyl groups is 1. The molecule has 1 fully saturated rings. The zero-order chi connectivity index (χ0) is 14.7. The lowest BCUT2D eigenvalue weighted by atomic mass is 9.88. The highest BCUT2D eigenvalue weighted by Crippen LogP contribution is 2.31. The van der Waals surface area contributed by atoms with Gasteiger partial charge in [0.05, 0.1) is 12.1 Å². The van der Waals surface area contributed by atoms with E-state index >= 15 is 0 Å². The molecule has 2 rings (SSSR count). The third-order valence-corrected chi connectivity index (χ3v) is 4.73. The van der Waals surface area contributed by atoms with Crippen molar-refractivity contribution >= 4 is 0 Å². The van der Waals surface area contributed by atoms with Crippen LogP contribution in [0.3, 0.4) is 0 Å². The van der Waals surface area contributed by atoms with Crippen LogP contribution in [0.15, 0.2) is 24.3 Å². The van der Waals surface area contributed by atoms with Crippen LogP contribution in [0.25, 0.3) is 0 Å². The lowest BCUT2D eigenvalue weighted by Gasteiger charge is -2.42. The van der Waals surface area contributed by atoms with Crippen LogP contribution in [0.1, 0.15) is 43.9 Å². The van der Waals surface area contributed by atoms with Crippen molar-refractivity contribution in [1.29, 1.82) is 0 Å². The number of nitrogens with two attached hydrogens (primary N) is 1. The molecule has 0 saturated carbocycles. The van der Waals surface area contributed by atoms with Crippen molar-refractivity contribution in [3.63, 3.8) is 0 Å². The quantitative estimate of drug-likeness (QED) is 0.888. The Bertz CT molecular complexity index is 435. The molecule has 3 heteroatoms. The third-order valence-electron chi connectivity index (χ3n) is 4.73. The van der Waals surface area contributed by atoms with Gasteiger partial charge < -0.3 is 10.8 Å². The molecule has 1 aromatic carbocycles. The standard InChI is InChI=1S/C17H28N2O/c1-4-15(18)17(14-8-6-5-7-12(14)2)19-10-9-13(3)16(20)11-19/h5-8,13,15-17,20H,4,9-11,18H2,1-3H3. The van der Waals surface area contributed by atoms with Gasteiger partial charge in [-0.3, -0.25) is 4.90 Å². The lowest BCUT2D eigenvalue weighted by Crippen LogP contribution is -2.49. The highest BCUT2D eigenvalue weighted by Gasteiger charge is 2.32. The molecule has 1 aromatic rings. The van der Waals surface area contributed by atoms with Gasteiger partial charge in [-0.15, -0.1) is 0 Å². The van der Waals surface area contributed by atoms with E-state index in [0.29, 0.717) is 5.92 Å². The van der Waals surface area contributed by atoms with Crippen LogP contribution in [0.5, 0.6) is 0 Å². The summed E-state index contributed by atoms with van der Waals surface area (Å²) < 4.78 is 0. The first kappa shape index (κ1) is 15.5. The molecule has 0 aliphatic carbocycles. The average molecular weight is 276 g/mol. The second kappa shape index (κ2) is 6.70. The van der Waals surface area contributed by atoms with Crippen LogP contribution in [0.2, 0.25) is 0 Å². The Hall–Kier alpha value is -0.900. The largest absolute Gasteiger partial charge is 0.392 e. The second-order valence-corrected chi connectivity index (χ2v) is 6.20. The number of likely N-dealkylation sites (tertiary alicyclic amines) is 1. The molecule has 0 aromatic heterocycles. The minimum absolute atomic E-state index is 0.108. The first-order valence-corrected chi connectivity index (χ1v) is 7.77. The summed E-state index contributed by atoms with van der Waals surface area (Å²) >= 11 is 0. The van der Waals surface area contributed by atoms with Crippen molar-refractivity contribution in [2.75, 3.05) is 13.1 Å². The minimum atomic E-state index is -0.237. The molecule has 1 aliphatic heterocycles. The van der Waals surface area contributed by atoms with E-state index in [1.807, 2.05) is 0 Å². The third kappa shape index (κ3) is 3.22. The number of rotatable bonds is 4. The van der Waals surface area contributed by atoms with Crippen molar-refractivity contribution in [3.05, 3.63) is 35.4 Å². The summed E-state index contributed by atoms with van der Waals surface area (Å²) in [6.45, 7) is 8.16. The summed E-state index contributed by atoms with van der Waals surface area (Å²) in [4.78, 5) is 2.38. The van der Waals surface area contributed by atoms with E-state index in [-0.39, 0.29) is 18.2 Å². The van der Waals surface area contributed by atoms with Crippen molar-refractivity contribution in [1.82, 2.24) is 4.90 Å². The van der Waals surface area contributed by atoms with E-state index < -0.39 is 0 Å². The van der Waals surface area contributed by atoms with Gasteiger partial charge >= 0.3 is 0 Å². The highest BCUT2D eigenvalue weighted by molar-refractivity contribution is 5.30. The molecule has 4 unspecified atom stereocenters. The summed E-state index contributed by atoms with van der Waals surface area (Å²) in [6, 6.07) is 8.80. The van der Waals surface area contributed by atoms with Crippen molar-refractivity contribution in [2.24, 2.45) is 11.7 Å². The first-order valence-electron chi connectivity index (χ1n) is 7.77. The van der Waals surface area contributed by atoms with Gasteiger partial charge in [0.1, 0.15) is 0 Å². The summed E-state index contributed by atoms with van der Waals surface area (Å²) in [6.07, 6.45) is 1.75. The van der Waals surface area contributed by atoms with Crippen LogP contribution in [-0.4, -0.2) is 35.2 Å². The molecule has 1 heterocycles. The number of benzene rings is 1. The predicted octanol–water partition coefficient (Wildman–Crippen LogP) is 2.48. The molecule has 112 valence electrons. The number of β-amino-alcohol motifs (C(OH)–C–C–N with tert-alkyl or cyclic N) is 1. The molecule has 0 radical (unpaired) electrons. The molecule has 0 bridgehead atoms. The number of hydrogen-bond acceptors (Lipinski definition) is 3. The average Bonchev–Trinajstić information content (AvgIpc) is 2.44. The Kier molecular flexibility index (Phi) is 5.19. The summed E-state index contributed by atoms with van der Waals surface area (Å²) in [7, 11) is 0. The van der Waals surface area contributed by atoms with Crippen molar-refractivity contribution < 1.29 is 5.11 Å². The molecule has 0 amide bonds. The first-order chi connectivity index (χ1) is 9.54. The Labute approximate surface area is 122 Å². The molecule has 3 nitrogen and oxygen atoms in total. The molecule has 3 N–H and O–H groups in total. The Morgan fingerprint density at radius 3 is 2.70 bits per heavy atom. The summed E-state index contributed by atoms with van der Waals surface area (Å²) in [5, 5.41) is 10.2. The van der Waals surface area contributed by atoms with Gasteiger partial charge in [0.15, 0.2) is 0 Å². The fourth-order valence-electron chi connectivity index (χ4n) is 3.17. The smallest absolute Gasteiger partial charge is 0.0693 e. The molecule has 1 saturated heterocycles. The van der Waals surface area contributed by atoms with E-state index in [0.717, 1.165) is 25.9 Å². The summed E-state index contributed by atoms with van der Waals surface area (Å²) in [5.74, 6) is 0.390. The van der Waals surface area contributed by atoms with Gasteiger partial charge in [0, 0.05) is 12.6 Å². The van der Waals surface area contributed by atoms with Gasteiger partial charge in [-0.2, -0.15) is 0 Å². The van der Waals surface area contributed by atoms with Gasteiger partial charge in [-0.1, -0.05) is 38.1 Å². The van der Waals surface area contributed by atoms with E-state index in [9.17, 15) is 5.11 Å². The number of nitrogens with zero attached hydrogens (tertiary/aromatic N) is 1. The maximum absolute atomic E-state index is 10.2. The van der Waals surface area contributed by atoms with Crippen molar-refractivity contribution in [3.8, 4) is 0 Å². The van der Waals surface area contributed by atoms with Crippen LogP contribution in [0.4, 0.5) is 0 Å². The van der Waals surface area contributed by atoms with E-state index in [1.165, 1.54) is 11.1 Å². The topological polar surface area (TPSA) is 49.5 Å². The maximum Gasteiger partial charge on any atom is 0.0693 e. The SMILES string of the molecule is CCC(N)C(c1ccccc1C)N1CCC(C)C(O)C1. The zero-order valence-corrected chi connectivity index (χ0v) is 12.9. The van der Waals surface area contributed by atoms with Crippen LogP contribution in [-0.2, 0) is 0 Å². The fraction of sp³-hybridized carbons (Fsp3) is 0.647. The number of hydrogen-bond donors (Lipinski definition) is 2. The predicted molar refractivity (Wildman–Crippen MR) is 83.5 cm³/mol. The van der Waals surface area contributed by atoms with Gasteiger partial charge in [0.2, 0.25) is 0 Å². The fourth-order valence-corrected chi connectivity index (χ4v) is 3.17. The van der Waals surface area contributed by atoms with Crippen molar-refractivity contribution in [2.45, 2.75) is 51.8 Å². The van der Waals surface area contributed by atoms with E-state index in [2.05, 4.69) is 49.9 Å². The lowest BCUT2D eigenvalue weighted by molar-refractivity contribution is 0.00383. The monoisotopic (exact) mass is 276 g/mol. The van der Waals surface area contributed by atoms with Gasteiger partial charge in [-0.05, 0) is 43.4 Å². The number of aryl methyl sites for hydroxylation is 1. The van der Waals surface area contributed by atoms with E-state index in [4.69, 9.17) is 5.73 Å². The maximum atomic E-state index is 10.2. The van der Waals surface area contributed by atoms with Crippen LogP contribution in [0, 0.1) is 12.8 Å². The second-order valence-electron chi connectivity index (χ2n) is 6.20. The van der Waals surface area contributed by atoms with E-state index in [1.54, 1.807) is 0 Å². The molecular formula is C17H28N2O. The Morgan fingerprint density at radius 2 is 2.10 bits per heavy atom. The van der Waals surface area contributed by atoms with Crippen LogP contribution < -0.4 is 5.73 Å². The molecule has 0 spiro atoms.